The molecule has 0 aliphatic carbocycles. The molecule has 3 aromatic rings. The first-order valence-electron chi connectivity index (χ1n) is 6.47. The molecule has 3 nitrogen and oxygen atoms in total. The van der Waals surface area contributed by atoms with E-state index < -0.39 is 11.6 Å². The second-order valence-electron chi connectivity index (χ2n) is 4.48. The fourth-order valence-corrected chi connectivity index (χ4v) is 2.55. The van der Waals surface area contributed by atoms with Crippen molar-refractivity contribution >= 4 is 22.7 Å². The predicted octanol–water partition coefficient (Wildman–Crippen LogP) is 4.53. The summed E-state index contributed by atoms with van der Waals surface area (Å²) in [5.41, 5.74) is 4.96. The first-order valence-corrected chi connectivity index (χ1v) is 7.35. The number of benzene rings is 2. The molecule has 110 valence electrons. The van der Waals surface area contributed by atoms with Crippen LogP contribution in [0.25, 0.3) is 11.3 Å². The zero-order valence-corrected chi connectivity index (χ0v) is 12.1. The van der Waals surface area contributed by atoms with E-state index in [0.717, 1.165) is 17.3 Å². The lowest BCUT2D eigenvalue weighted by Crippen LogP contribution is -1.92. The van der Waals surface area contributed by atoms with E-state index in [0.29, 0.717) is 10.7 Å². The Labute approximate surface area is 130 Å². The number of nitrogens with one attached hydrogen (secondary N) is 1. The molecular formula is C16H11F2N3S. The molecule has 0 spiro atoms. The number of halogens is 2. The zero-order valence-electron chi connectivity index (χ0n) is 11.3. The van der Waals surface area contributed by atoms with E-state index in [1.165, 1.54) is 29.7 Å². The van der Waals surface area contributed by atoms with E-state index in [-0.39, 0.29) is 0 Å². The predicted molar refractivity (Wildman–Crippen MR) is 85.1 cm³/mol. The lowest BCUT2D eigenvalue weighted by molar-refractivity contribution is 0.583. The number of thiazole rings is 1. The molecule has 0 fully saturated rings. The van der Waals surface area contributed by atoms with Crippen LogP contribution >= 0.6 is 11.3 Å². The fraction of sp³-hybridized carbons (Fsp3) is 0. The maximum Gasteiger partial charge on any atom is 0.203 e. The molecule has 3 rings (SSSR count). The van der Waals surface area contributed by atoms with Crippen LogP contribution in [0.3, 0.4) is 0 Å². The van der Waals surface area contributed by atoms with Crippen LogP contribution in [0.5, 0.6) is 0 Å². The van der Waals surface area contributed by atoms with Gasteiger partial charge in [-0.3, -0.25) is 5.43 Å². The van der Waals surface area contributed by atoms with E-state index in [1.54, 1.807) is 0 Å². The smallest absolute Gasteiger partial charge is 0.203 e. The van der Waals surface area contributed by atoms with Crippen molar-refractivity contribution in [3.63, 3.8) is 0 Å². The quantitative estimate of drug-likeness (QED) is 0.567. The largest absolute Gasteiger partial charge is 0.253 e. The molecule has 1 heterocycles. The third-order valence-corrected chi connectivity index (χ3v) is 3.58. The average molecular weight is 315 g/mol. The monoisotopic (exact) mass is 315 g/mol. The van der Waals surface area contributed by atoms with Crippen LogP contribution in [0.2, 0.25) is 0 Å². The molecule has 0 aliphatic heterocycles. The molecule has 0 atom stereocenters. The summed E-state index contributed by atoms with van der Waals surface area (Å²) in [6, 6.07) is 13.0. The van der Waals surface area contributed by atoms with Crippen molar-refractivity contribution in [1.82, 2.24) is 4.98 Å². The van der Waals surface area contributed by atoms with Crippen molar-refractivity contribution in [2.45, 2.75) is 0 Å². The number of anilines is 1. The third kappa shape index (κ3) is 3.53. The third-order valence-electron chi connectivity index (χ3n) is 2.83. The van der Waals surface area contributed by atoms with Gasteiger partial charge in [0, 0.05) is 22.6 Å². The van der Waals surface area contributed by atoms with E-state index >= 15 is 0 Å². The van der Waals surface area contributed by atoms with Crippen LogP contribution in [-0.4, -0.2) is 11.2 Å². The molecule has 0 aliphatic rings. The number of hydrogen-bond acceptors (Lipinski definition) is 4. The maximum atomic E-state index is 13.0. The van der Waals surface area contributed by atoms with E-state index in [4.69, 9.17) is 0 Å². The van der Waals surface area contributed by atoms with Gasteiger partial charge in [-0.2, -0.15) is 5.10 Å². The Kier molecular flexibility index (Phi) is 4.20. The van der Waals surface area contributed by atoms with Crippen LogP contribution in [0.15, 0.2) is 59.0 Å². The molecule has 0 bridgehead atoms. The first-order chi connectivity index (χ1) is 10.7. The number of rotatable bonds is 4. The molecule has 0 saturated heterocycles. The van der Waals surface area contributed by atoms with Crippen LogP contribution < -0.4 is 5.43 Å². The normalized spacial score (nSPS) is 11.0. The van der Waals surface area contributed by atoms with Crippen molar-refractivity contribution in [3.8, 4) is 11.3 Å². The number of aromatic nitrogens is 1. The van der Waals surface area contributed by atoms with Gasteiger partial charge < -0.3 is 0 Å². The Balaban J connectivity index is 1.69. The summed E-state index contributed by atoms with van der Waals surface area (Å²) < 4.78 is 26.1. The second kappa shape index (κ2) is 6.44. The topological polar surface area (TPSA) is 37.3 Å². The maximum absolute atomic E-state index is 13.0. The van der Waals surface area contributed by atoms with Gasteiger partial charge in [0.2, 0.25) is 5.13 Å². The summed E-state index contributed by atoms with van der Waals surface area (Å²) in [6.07, 6.45) is 1.34. The standard InChI is InChI=1S/C16H11F2N3S/c17-13-6-11(7-14(18)8-13)9-19-21-16-20-15(10-22-16)12-4-2-1-3-5-12/h1-10H,(H,20,21). The molecule has 1 N–H and O–H groups in total. The molecule has 2 aromatic carbocycles. The van der Waals surface area contributed by atoms with Gasteiger partial charge in [-0.05, 0) is 12.1 Å². The molecule has 0 saturated carbocycles. The highest BCUT2D eigenvalue weighted by Crippen LogP contribution is 2.24. The molecule has 1 aromatic heterocycles. The second-order valence-corrected chi connectivity index (χ2v) is 5.33. The molecule has 22 heavy (non-hydrogen) atoms. The summed E-state index contributed by atoms with van der Waals surface area (Å²) in [7, 11) is 0. The number of nitrogens with zero attached hydrogens (tertiary/aromatic N) is 2. The highest BCUT2D eigenvalue weighted by molar-refractivity contribution is 7.14. The van der Waals surface area contributed by atoms with Crippen molar-refractivity contribution < 1.29 is 8.78 Å². The van der Waals surface area contributed by atoms with Crippen LogP contribution in [-0.2, 0) is 0 Å². The fourth-order valence-electron chi connectivity index (χ4n) is 1.88. The van der Waals surface area contributed by atoms with Crippen LogP contribution in [0.1, 0.15) is 5.56 Å². The Hall–Kier alpha value is -2.60. The van der Waals surface area contributed by atoms with E-state index in [9.17, 15) is 8.78 Å². The van der Waals surface area contributed by atoms with Crippen molar-refractivity contribution in [1.29, 1.82) is 0 Å². The van der Waals surface area contributed by atoms with E-state index in [1.807, 2.05) is 35.7 Å². The lowest BCUT2D eigenvalue weighted by atomic mass is 10.2. The van der Waals surface area contributed by atoms with Gasteiger partial charge in [0.1, 0.15) is 11.6 Å². The molecule has 0 unspecified atom stereocenters. The Morgan fingerprint density at radius 3 is 2.50 bits per heavy atom. The minimum absolute atomic E-state index is 0.338. The molecular weight excluding hydrogens is 304 g/mol. The van der Waals surface area contributed by atoms with Gasteiger partial charge in [0.25, 0.3) is 0 Å². The van der Waals surface area contributed by atoms with E-state index in [2.05, 4.69) is 15.5 Å². The molecule has 0 amide bonds. The molecule has 0 radical (unpaired) electrons. The number of hydrazone groups is 1. The van der Waals surface area contributed by atoms with Gasteiger partial charge in [-0.25, -0.2) is 13.8 Å². The Morgan fingerprint density at radius 2 is 1.77 bits per heavy atom. The summed E-state index contributed by atoms with van der Waals surface area (Å²) in [6.45, 7) is 0. The molecule has 6 heteroatoms. The summed E-state index contributed by atoms with van der Waals surface area (Å²) in [5.74, 6) is -1.27. The van der Waals surface area contributed by atoms with Crippen molar-refractivity contribution in [2.75, 3.05) is 5.43 Å². The SMILES string of the molecule is Fc1cc(F)cc(C=NNc2nc(-c3ccccc3)cs2)c1. The van der Waals surface area contributed by atoms with Gasteiger partial charge in [0.05, 0.1) is 11.9 Å². The van der Waals surface area contributed by atoms with Crippen LogP contribution in [0, 0.1) is 11.6 Å². The van der Waals surface area contributed by atoms with Gasteiger partial charge in [-0.1, -0.05) is 30.3 Å². The number of hydrogen-bond donors (Lipinski definition) is 1. The van der Waals surface area contributed by atoms with Crippen molar-refractivity contribution in [3.05, 3.63) is 71.1 Å². The highest BCUT2D eigenvalue weighted by atomic mass is 32.1. The zero-order chi connectivity index (χ0) is 15.4. The van der Waals surface area contributed by atoms with Gasteiger partial charge >= 0.3 is 0 Å². The summed E-state index contributed by atoms with van der Waals surface area (Å²) >= 11 is 1.40. The average Bonchev–Trinajstić information content (AvgIpc) is 2.96. The minimum Gasteiger partial charge on any atom is -0.253 e. The minimum atomic E-state index is -0.637. The summed E-state index contributed by atoms with van der Waals surface area (Å²) in [4.78, 5) is 4.39. The van der Waals surface area contributed by atoms with Crippen LogP contribution in [0.4, 0.5) is 13.9 Å². The van der Waals surface area contributed by atoms with Crippen molar-refractivity contribution in [2.24, 2.45) is 5.10 Å². The Morgan fingerprint density at radius 1 is 1.05 bits per heavy atom. The first kappa shape index (κ1) is 14.3. The Bertz CT molecular complexity index is 780. The van der Waals surface area contributed by atoms with Gasteiger partial charge in [-0.15, -0.1) is 11.3 Å². The lowest BCUT2D eigenvalue weighted by Gasteiger charge is -1.96. The summed E-state index contributed by atoms with van der Waals surface area (Å²) in [5, 5.41) is 6.46. The van der Waals surface area contributed by atoms with Gasteiger partial charge in [0.15, 0.2) is 0 Å². The highest BCUT2D eigenvalue weighted by Gasteiger charge is 2.03.